The second-order valence-corrected chi connectivity index (χ2v) is 5.96. The maximum absolute atomic E-state index is 6.21. The van der Waals surface area contributed by atoms with Gasteiger partial charge >= 0.3 is 0 Å². The summed E-state index contributed by atoms with van der Waals surface area (Å²) in [5.41, 5.74) is 10.5. The lowest BCUT2D eigenvalue weighted by molar-refractivity contribution is 0.779. The van der Waals surface area contributed by atoms with Crippen LogP contribution in [0.1, 0.15) is 28.3 Å². The molecule has 1 aliphatic rings. The predicted octanol–water partition coefficient (Wildman–Crippen LogP) is 3.03. The molecule has 114 valence electrons. The van der Waals surface area contributed by atoms with Crippen LogP contribution in [-0.4, -0.2) is 20.6 Å². The van der Waals surface area contributed by atoms with Crippen LogP contribution in [0.4, 0.5) is 5.69 Å². The molecule has 2 heterocycles. The fraction of sp³-hybridized carbons (Fsp3) is 0.118. The van der Waals surface area contributed by atoms with Crippen LogP contribution in [-0.2, 0) is 6.42 Å². The Bertz CT molecular complexity index is 925. The van der Waals surface area contributed by atoms with Gasteiger partial charge in [-0.1, -0.05) is 29.8 Å². The first-order chi connectivity index (χ1) is 11.1. The van der Waals surface area contributed by atoms with E-state index in [1.54, 1.807) is 4.68 Å². The monoisotopic (exact) mass is 323 g/mol. The summed E-state index contributed by atoms with van der Waals surface area (Å²) in [5.74, 6) is 1.57. The van der Waals surface area contributed by atoms with E-state index < -0.39 is 0 Å². The van der Waals surface area contributed by atoms with E-state index in [-0.39, 0.29) is 0 Å². The van der Waals surface area contributed by atoms with Gasteiger partial charge in [0, 0.05) is 28.3 Å². The average Bonchev–Trinajstić information content (AvgIpc) is 2.79. The van der Waals surface area contributed by atoms with E-state index in [9.17, 15) is 0 Å². The van der Waals surface area contributed by atoms with Crippen molar-refractivity contribution in [3.8, 4) is 0 Å². The number of nitrogens with two attached hydrogens (primary N) is 1. The lowest BCUT2D eigenvalue weighted by atomic mass is 9.96. The van der Waals surface area contributed by atoms with E-state index in [0.717, 1.165) is 39.7 Å². The Kier molecular flexibility index (Phi) is 3.16. The van der Waals surface area contributed by atoms with E-state index in [1.807, 2.05) is 49.4 Å². The van der Waals surface area contributed by atoms with Gasteiger partial charge in [0.15, 0.2) is 11.6 Å². The lowest BCUT2D eigenvalue weighted by Gasteiger charge is -2.10. The van der Waals surface area contributed by atoms with Gasteiger partial charge < -0.3 is 5.73 Å². The Morgan fingerprint density at radius 2 is 1.87 bits per heavy atom. The molecule has 1 aromatic heterocycles. The molecule has 0 saturated carbocycles. The molecule has 2 N–H and O–H groups in total. The highest BCUT2D eigenvalue weighted by atomic mass is 35.5. The first kappa shape index (κ1) is 14.0. The first-order valence-electron chi connectivity index (χ1n) is 7.26. The smallest absolute Gasteiger partial charge is 0.159 e. The van der Waals surface area contributed by atoms with Crippen molar-refractivity contribution < 1.29 is 0 Å². The van der Waals surface area contributed by atoms with Crippen molar-refractivity contribution in [3.63, 3.8) is 0 Å². The van der Waals surface area contributed by atoms with Gasteiger partial charge in [0.2, 0.25) is 0 Å². The number of nitrogens with zero attached hydrogens (tertiary/aromatic N) is 4. The number of nitrogen functional groups attached to an aromatic ring is 1. The zero-order valence-electron chi connectivity index (χ0n) is 12.5. The summed E-state index contributed by atoms with van der Waals surface area (Å²) in [7, 11) is 0. The van der Waals surface area contributed by atoms with Crippen molar-refractivity contribution in [3.05, 3.63) is 75.8 Å². The van der Waals surface area contributed by atoms with Crippen LogP contribution in [0.15, 0.2) is 47.6 Å². The third kappa shape index (κ3) is 2.39. The van der Waals surface area contributed by atoms with Gasteiger partial charge in [0.1, 0.15) is 0 Å². The molecule has 0 amide bonds. The third-order valence-electron chi connectivity index (χ3n) is 3.92. The molecule has 1 aliphatic heterocycles. The van der Waals surface area contributed by atoms with Crippen LogP contribution in [0.25, 0.3) is 0 Å². The zero-order chi connectivity index (χ0) is 16.0. The minimum Gasteiger partial charge on any atom is -0.399 e. The minimum absolute atomic E-state index is 0.662. The Labute approximate surface area is 138 Å². The summed E-state index contributed by atoms with van der Waals surface area (Å²) in [6, 6.07) is 13.5. The van der Waals surface area contributed by atoms with Gasteiger partial charge in [0.25, 0.3) is 0 Å². The molecule has 2 aromatic carbocycles. The number of hydrogen-bond donors (Lipinski definition) is 1. The number of hydrogen-bond acceptors (Lipinski definition) is 4. The van der Waals surface area contributed by atoms with Gasteiger partial charge in [-0.3, -0.25) is 0 Å². The summed E-state index contributed by atoms with van der Waals surface area (Å²) in [4.78, 5) is 0. The van der Waals surface area contributed by atoms with E-state index in [2.05, 4.69) is 10.2 Å². The fourth-order valence-electron chi connectivity index (χ4n) is 2.74. The normalized spacial score (nSPS) is 13.0. The molecule has 0 bridgehead atoms. The standard InChI is InChI=1S/C17H14ClN5/c1-10-20-21-16-8-12-2-5-13(18)9-15(12)17(22-23(10)16)11-3-6-14(19)7-4-11/h2-7,9H,8,19H2,1H3. The molecule has 6 heteroatoms. The molecule has 0 radical (unpaired) electrons. The highest BCUT2D eigenvalue weighted by molar-refractivity contribution is 6.31. The molecule has 0 atom stereocenters. The highest BCUT2D eigenvalue weighted by Gasteiger charge is 2.21. The van der Waals surface area contributed by atoms with Crippen LogP contribution in [0.3, 0.4) is 0 Å². The fourth-order valence-corrected chi connectivity index (χ4v) is 2.92. The molecule has 4 rings (SSSR count). The van der Waals surface area contributed by atoms with Gasteiger partial charge in [0.05, 0.1) is 5.71 Å². The Hall–Kier alpha value is -2.66. The summed E-state index contributed by atoms with van der Waals surface area (Å²) < 4.78 is 1.79. The zero-order valence-corrected chi connectivity index (χ0v) is 13.2. The van der Waals surface area contributed by atoms with Crippen molar-refractivity contribution in [2.75, 3.05) is 5.73 Å². The molecule has 23 heavy (non-hydrogen) atoms. The van der Waals surface area contributed by atoms with Crippen LogP contribution >= 0.6 is 11.6 Å². The van der Waals surface area contributed by atoms with Crippen molar-refractivity contribution in [2.24, 2.45) is 5.10 Å². The van der Waals surface area contributed by atoms with Crippen molar-refractivity contribution in [1.82, 2.24) is 14.9 Å². The quantitative estimate of drug-likeness (QED) is 0.547. The van der Waals surface area contributed by atoms with Gasteiger partial charge in [-0.2, -0.15) is 5.10 Å². The third-order valence-corrected chi connectivity index (χ3v) is 4.16. The Balaban J connectivity index is 2.00. The molecular weight excluding hydrogens is 310 g/mol. The molecular formula is C17H14ClN5. The van der Waals surface area contributed by atoms with Crippen LogP contribution in [0, 0.1) is 6.92 Å². The SMILES string of the molecule is Cc1nnc2n1N=C(c1ccc(N)cc1)c1cc(Cl)ccc1C2. The van der Waals surface area contributed by atoms with Crippen molar-refractivity contribution in [1.29, 1.82) is 0 Å². The number of halogens is 1. The predicted molar refractivity (Wildman–Crippen MR) is 90.9 cm³/mol. The summed E-state index contributed by atoms with van der Waals surface area (Å²) in [6.45, 7) is 1.89. The van der Waals surface area contributed by atoms with E-state index in [4.69, 9.17) is 22.4 Å². The van der Waals surface area contributed by atoms with Gasteiger partial charge in [-0.15, -0.1) is 10.2 Å². The number of benzene rings is 2. The van der Waals surface area contributed by atoms with Crippen LogP contribution in [0.5, 0.6) is 0 Å². The average molecular weight is 324 g/mol. The Morgan fingerprint density at radius 1 is 1.09 bits per heavy atom. The maximum Gasteiger partial charge on any atom is 0.159 e. The maximum atomic E-state index is 6.21. The second-order valence-electron chi connectivity index (χ2n) is 5.52. The molecule has 0 aliphatic carbocycles. The highest BCUT2D eigenvalue weighted by Crippen LogP contribution is 2.26. The van der Waals surface area contributed by atoms with Crippen LogP contribution in [0.2, 0.25) is 5.02 Å². The number of aromatic nitrogens is 3. The van der Waals surface area contributed by atoms with E-state index in [1.165, 1.54) is 0 Å². The topological polar surface area (TPSA) is 69.1 Å². The van der Waals surface area contributed by atoms with Gasteiger partial charge in [-0.05, 0) is 36.8 Å². The largest absolute Gasteiger partial charge is 0.399 e. The van der Waals surface area contributed by atoms with Crippen molar-refractivity contribution >= 4 is 23.0 Å². The molecule has 0 fully saturated rings. The number of fused-ring (bicyclic) bond motifs is 2. The summed E-state index contributed by atoms with van der Waals surface area (Å²) in [6.07, 6.45) is 0.662. The first-order valence-corrected chi connectivity index (χ1v) is 7.64. The van der Waals surface area contributed by atoms with E-state index in [0.29, 0.717) is 11.4 Å². The van der Waals surface area contributed by atoms with E-state index >= 15 is 0 Å². The Morgan fingerprint density at radius 3 is 2.65 bits per heavy atom. The number of aryl methyl sites for hydroxylation is 1. The molecule has 5 nitrogen and oxygen atoms in total. The minimum atomic E-state index is 0.662. The van der Waals surface area contributed by atoms with Gasteiger partial charge in [-0.25, -0.2) is 4.68 Å². The molecule has 0 unspecified atom stereocenters. The molecule has 0 saturated heterocycles. The number of rotatable bonds is 1. The summed E-state index contributed by atoms with van der Waals surface area (Å²) in [5, 5.41) is 13.8. The van der Waals surface area contributed by atoms with Crippen LogP contribution < -0.4 is 5.73 Å². The summed E-state index contributed by atoms with van der Waals surface area (Å²) >= 11 is 6.21. The number of anilines is 1. The van der Waals surface area contributed by atoms with Crippen molar-refractivity contribution in [2.45, 2.75) is 13.3 Å². The second kappa shape index (κ2) is 5.21. The molecule has 3 aromatic rings. The molecule has 0 spiro atoms. The lowest BCUT2D eigenvalue weighted by Crippen LogP contribution is -2.07.